The molecule has 15 heavy (non-hydrogen) atoms. The van der Waals surface area contributed by atoms with E-state index in [0.717, 1.165) is 13.1 Å². The van der Waals surface area contributed by atoms with Crippen LogP contribution in [-0.2, 0) is 19.5 Å². The first-order valence-corrected chi connectivity index (χ1v) is 6.40. The predicted octanol–water partition coefficient (Wildman–Crippen LogP) is 2.94. The van der Waals surface area contributed by atoms with Crippen molar-refractivity contribution in [2.45, 2.75) is 66.0 Å². The lowest BCUT2D eigenvalue weighted by Gasteiger charge is -2.02. The van der Waals surface area contributed by atoms with Gasteiger partial charge in [-0.25, -0.2) is 9.13 Å². The Balaban J connectivity index is 2.66. The first-order chi connectivity index (χ1) is 7.33. The number of nitrogens with zero attached hydrogens (tertiary/aromatic N) is 2. The zero-order chi connectivity index (χ0) is 11.1. The predicted molar refractivity (Wildman–Crippen MR) is 63.8 cm³/mol. The smallest absolute Gasteiger partial charge is 0.235 e. The second-order valence-corrected chi connectivity index (χ2v) is 4.15. The zero-order valence-electron chi connectivity index (χ0n) is 10.5. The molecule has 0 aliphatic carbocycles. The SMILES string of the molecule is CCCCCc1n(CC)cc[n+]1CCC. The van der Waals surface area contributed by atoms with Crippen LogP contribution in [-0.4, -0.2) is 4.57 Å². The van der Waals surface area contributed by atoms with Crippen molar-refractivity contribution in [3.05, 3.63) is 18.2 Å². The van der Waals surface area contributed by atoms with Crippen LogP contribution >= 0.6 is 0 Å². The van der Waals surface area contributed by atoms with Crippen LogP contribution in [0.3, 0.4) is 0 Å². The van der Waals surface area contributed by atoms with Crippen LogP contribution in [0.25, 0.3) is 0 Å². The summed E-state index contributed by atoms with van der Waals surface area (Å²) in [6.45, 7) is 8.98. The number of hydrogen-bond donors (Lipinski definition) is 0. The summed E-state index contributed by atoms with van der Waals surface area (Å²) >= 11 is 0. The summed E-state index contributed by atoms with van der Waals surface area (Å²) in [5.41, 5.74) is 0. The highest BCUT2D eigenvalue weighted by atomic mass is 15.1. The van der Waals surface area contributed by atoms with E-state index in [2.05, 4.69) is 42.3 Å². The number of rotatable bonds is 7. The van der Waals surface area contributed by atoms with Gasteiger partial charge < -0.3 is 0 Å². The minimum absolute atomic E-state index is 1.10. The van der Waals surface area contributed by atoms with Gasteiger partial charge in [0.1, 0.15) is 12.4 Å². The second-order valence-electron chi connectivity index (χ2n) is 4.15. The van der Waals surface area contributed by atoms with Gasteiger partial charge in [0.05, 0.1) is 13.1 Å². The third-order valence-corrected chi connectivity index (χ3v) is 2.90. The zero-order valence-corrected chi connectivity index (χ0v) is 10.5. The number of aromatic nitrogens is 2. The molecule has 0 bridgehead atoms. The largest absolute Gasteiger partial charge is 0.256 e. The lowest BCUT2D eigenvalue weighted by Crippen LogP contribution is -2.37. The summed E-state index contributed by atoms with van der Waals surface area (Å²) < 4.78 is 4.80. The molecule has 0 amide bonds. The van der Waals surface area contributed by atoms with E-state index in [1.165, 1.54) is 37.9 Å². The number of imidazole rings is 1. The maximum Gasteiger partial charge on any atom is 0.256 e. The molecule has 0 aliphatic heterocycles. The summed E-state index contributed by atoms with van der Waals surface area (Å²) in [6, 6.07) is 0. The molecule has 0 saturated heterocycles. The highest BCUT2D eigenvalue weighted by molar-refractivity contribution is 4.83. The van der Waals surface area contributed by atoms with Crippen LogP contribution in [0.15, 0.2) is 12.4 Å². The van der Waals surface area contributed by atoms with E-state index in [1.54, 1.807) is 0 Å². The van der Waals surface area contributed by atoms with E-state index in [9.17, 15) is 0 Å². The molecule has 0 aromatic carbocycles. The summed E-state index contributed by atoms with van der Waals surface area (Å²) in [5, 5.41) is 0. The molecule has 0 radical (unpaired) electrons. The average molecular weight is 209 g/mol. The fraction of sp³-hybridized carbons (Fsp3) is 0.769. The van der Waals surface area contributed by atoms with E-state index in [-0.39, 0.29) is 0 Å². The van der Waals surface area contributed by atoms with Crippen molar-refractivity contribution in [2.75, 3.05) is 0 Å². The molecule has 1 aromatic heterocycles. The van der Waals surface area contributed by atoms with Crippen LogP contribution < -0.4 is 4.57 Å². The molecule has 1 aromatic rings. The van der Waals surface area contributed by atoms with Gasteiger partial charge in [0.2, 0.25) is 0 Å². The standard InChI is InChI=1S/C13H25N2/c1-4-7-8-9-13-14(6-3)11-12-15(13)10-5-2/h11-12H,4-10H2,1-3H3/q+1. The number of unbranched alkanes of at least 4 members (excludes halogenated alkanes) is 2. The van der Waals surface area contributed by atoms with Gasteiger partial charge in [-0.15, -0.1) is 0 Å². The third-order valence-electron chi connectivity index (χ3n) is 2.90. The van der Waals surface area contributed by atoms with Crippen LogP contribution in [0.5, 0.6) is 0 Å². The summed E-state index contributed by atoms with van der Waals surface area (Å²) in [4.78, 5) is 0. The molecule has 86 valence electrons. The Morgan fingerprint density at radius 1 is 1.13 bits per heavy atom. The molecule has 0 spiro atoms. The quantitative estimate of drug-likeness (QED) is 0.482. The highest BCUT2D eigenvalue weighted by Crippen LogP contribution is 2.04. The summed E-state index contributed by atoms with van der Waals surface area (Å²) in [7, 11) is 0. The monoisotopic (exact) mass is 209 g/mol. The molecule has 0 saturated carbocycles. The molecule has 0 unspecified atom stereocenters. The Morgan fingerprint density at radius 2 is 1.93 bits per heavy atom. The average Bonchev–Trinajstić information content (AvgIpc) is 2.62. The lowest BCUT2D eigenvalue weighted by atomic mass is 10.2. The van der Waals surface area contributed by atoms with Gasteiger partial charge in [-0.05, 0) is 19.8 Å². The molecule has 2 nitrogen and oxygen atoms in total. The van der Waals surface area contributed by atoms with Gasteiger partial charge in [-0.3, -0.25) is 0 Å². The topological polar surface area (TPSA) is 8.81 Å². The molecule has 0 atom stereocenters. The minimum Gasteiger partial charge on any atom is -0.235 e. The van der Waals surface area contributed by atoms with Crippen molar-refractivity contribution >= 4 is 0 Å². The summed E-state index contributed by atoms with van der Waals surface area (Å²) in [6.07, 6.45) is 10.9. The van der Waals surface area contributed by atoms with E-state index in [0.29, 0.717) is 0 Å². The van der Waals surface area contributed by atoms with Gasteiger partial charge in [0, 0.05) is 6.42 Å². The molecular formula is C13H25N2+. The van der Waals surface area contributed by atoms with Crippen LogP contribution in [0.2, 0.25) is 0 Å². The molecular weight excluding hydrogens is 184 g/mol. The van der Waals surface area contributed by atoms with Crippen molar-refractivity contribution in [3.63, 3.8) is 0 Å². The van der Waals surface area contributed by atoms with Gasteiger partial charge in [-0.2, -0.15) is 0 Å². The fourth-order valence-corrected chi connectivity index (χ4v) is 2.05. The van der Waals surface area contributed by atoms with Crippen molar-refractivity contribution in [1.82, 2.24) is 4.57 Å². The number of aryl methyl sites for hydroxylation is 2. The van der Waals surface area contributed by atoms with Crippen LogP contribution in [0.1, 0.15) is 52.3 Å². The van der Waals surface area contributed by atoms with Crippen molar-refractivity contribution in [2.24, 2.45) is 0 Å². The van der Waals surface area contributed by atoms with Gasteiger partial charge >= 0.3 is 0 Å². The molecule has 0 N–H and O–H groups in total. The number of hydrogen-bond acceptors (Lipinski definition) is 0. The van der Waals surface area contributed by atoms with Crippen LogP contribution in [0, 0.1) is 0 Å². The first-order valence-electron chi connectivity index (χ1n) is 6.40. The fourth-order valence-electron chi connectivity index (χ4n) is 2.05. The van der Waals surface area contributed by atoms with E-state index < -0.39 is 0 Å². The van der Waals surface area contributed by atoms with Gasteiger partial charge in [-0.1, -0.05) is 26.7 Å². The Labute approximate surface area is 93.9 Å². The van der Waals surface area contributed by atoms with Gasteiger partial charge in [0.15, 0.2) is 0 Å². The molecule has 2 heteroatoms. The highest BCUT2D eigenvalue weighted by Gasteiger charge is 2.14. The van der Waals surface area contributed by atoms with E-state index in [4.69, 9.17) is 0 Å². The lowest BCUT2D eigenvalue weighted by molar-refractivity contribution is -0.703. The van der Waals surface area contributed by atoms with Crippen molar-refractivity contribution in [3.8, 4) is 0 Å². The third kappa shape index (κ3) is 3.37. The molecule has 1 rings (SSSR count). The van der Waals surface area contributed by atoms with E-state index >= 15 is 0 Å². The van der Waals surface area contributed by atoms with Gasteiger partial charge in [0.25, 0.3) is 5.82 Å². The van der Waals surface area contributed by atoms with E-state index in [1.807, 2.05) is 0 Å². The Kier molecular flexibility index (Phi) is 5.44. The molecule has 1 heterocycles. The summed E-state index contributed by atoms with van der Waals surface area (Å²) in [5.74, 6) is 1.51. The first kappa shape index (κ1) is 12.3. The minimum atomic E-state index is 1.10. The maximum absolute atomic E-state index is 2.42. The Bertz CT molecular complexity index is 276. The van der Waals surface area contributed by atoms with Crippen molar-refractivity contribution in [1.29, 1.82) is 0 Å². The van der Waals surface area contributed by atoms with Crippen LogP contribution in [0.4, 0.5) is 0 Å². The Morgan fingerprint density at radius 3 is 2.53 bits per heavy atom. The Hall–Kier alpha value is -0.790. The van der Waals surface area contributed by atoms with Crippen molar-refractivity contribution < 1.29 is 4.57 Å². The maximum atomic E-state index is 2.42. The normalized spacial score (nSPS) is 10.9. The second kappa shape index (κ2) is 6.65. The molecule has 0 aliphatic rings. The molecule has 0 fully saturated rings.